The molecule has 0 saturated heterocycles. The molecule has 0 aromatic heterocycles. The van der Waals surface area contributed by atoms with Gasteiger partial charge in [0.25, 0.3) is 0 Å². The number of rotatable bonds is 15. The molecule has 0 spiro atoms. The van der Waals surface area contributed by atoms with E-state index >= 15 is 0 Å². The van der Waals surface area contributed by atoms with Crippen LogP contribution in [0.4, 0.5) is 0 Å². The minimum Gasteiger partial charge on any atom is -0.494 e. The van der Waals surface area contributed by atoms with Crippen molar-refractivity contribution in [2.45, 2.75) is 72.1 Å². The van der Waals surface area contributed by atoms with Crippen LogP contribution in [-0.2, 0) is 27.2 Å². The van der Waals surface area contributed by atoms with Gasteiger partial charge < -0.3 is 14.4 Å². The molecule has 0 N–H and O–H groups in total. The summed E-state index contributed by atoms with van der Waals surface area (Å²) in [6, 6.07) is 18.8. The average Bonchev–Trinajstić information content (AvgIpc) is 2.83. The lowest BCUT2D eigenvalue weighted by Gasteiger charge is -2.27. The van der Waals surface area contributed by atoms with Crippen LogP contribution in [0.15, 0.2) is 54.6 Å². The molecule has 2 aromatic carbocycles. The third kappa shape index (κ3) is 12.4. The summed E-state index contributed by atoms with van der Waals surface area (Å²) in [5.74, 6) is 0.783. The molecule has 2 aromatic rings. The monoisotopic (exact) mass is 481 g/mol. The lowest BCUT2D eigenvalue weighted by atomic mass is 9.91. The maximum atomic E-state index is 12.8. The number of amides is 1. The molecule has 0 aliphatic carbocycles. The Morgan fingerprint density at radius 1 is 0.800 bits per heavy atom. The molecule has 35 heavy (non-hydrogen) atoms. The number of methoxy groups -OCH3 is 1. The Balaban J connectivity index is 1.73. The van der Waals surface area contributed by atoms with Crippen molar-refractivity contribution in [2.24, 2.45) is 5.41 Å². The topological polar surface area (TPSA) is 55.8 Å². The van der Waals surface area contributed by atoms with Gasteiger partial charge in [0.2, 0.25) is 5.91 Å². The molecular formula is C30H43NO4. The minimum absolute atomic E-state index is 0.0712. The summed E-state index contributed by atoms with van der Waals surface area (Å²) in [6.45, 7) is 8.13. The Morgan fingerprint density at radius 3 is 2.14 bits per heavy atom. The predicted octanol–water partition coefficient (Wildman–Crippen LogP) is 6.24. The van der Waals surface area contributed by atoms with Gasteiger partial charge in [-0.25, -0.2) is 0 Å². The van der Waals surface area contributed by atoms with E-state index in [4.69, 9.17) is 9.47 Å². The number of esters is 1. The first-order valence-electron chi connectivity index (χ1n) is 12.9. The molecule has 0 aliphatic heterocycles. The van der Waals surface area contributed by atoms with Crippen LogP contribution in [0.3, 0.4) is 0 Å². The van der Waals surface area contributed by atoms with E-state index in [1.165, 1.54) is 24.7 Å². The lowest BCUT2D eigenvalue weighted by Crippen LogP contribution is -2.36. The molecule has 0 aliphatic rings. The second-order valence-electron chi connectivity index (χ2n) is 10.3. The van der Waals surface area contributed by atoms with Gasteiger partial charge in [-0.2, -0.15) is 0 Å². The van der Waals surface area contributed by atoms with Gasteiger partial charge in [0.15, 0.2) is 0 Å². The standard InChI is InChI=1S/C30H43NO4/c1-30(2,3)24-28(32)31(21-11-15-29(33)34-4)22-20-26-16-18-27(19-17-26)35-23-10-6-9-14-25-12-7-5-8-13-25/h5,7-8,12-13,16-19H,6,9-11,14-15,20-24H2,1-4H3. The largest absolute Gasteiger partial charge is 0.494 e. The van der Waals surface area contributed by atoms with Gasteiger partial charge in [0.1, 0.15) is 5.75 Å². The van der Waals surface area contributed by atoms with Crippen molar-refractivity contribution in [3.8, 4) is 5.75 Å². The predicted molar refractivity (Wildman–Crippen MR) is 142 cm³/mol. The Labute approximate surface area is 211 Å². The summed E-state index contributed by atoms with van der Waals surface area (Å²) < 4.78 is 10.6. The van der Waals surface area contributed by atoms with E-state index in [-0.39, 0.29) is 17.3 Å². The number of unbranched alkanes of at least 4 members (excludes halogenated alkanes) is 2. The van der Waals surface area contributed by atoms with Crippen LogP contribution in [0.25, 0.3) is 0 Å². The molecule has 0 atom stereocenters. The summed E-state index contributed by atoms with van der Waals surface area (Å²) in [5, 5.41) is 0. The van der Waals surface area contributed by atoms with Crippen LogP contribution >= 0.6 is 0 Å². The quantitative estimate of drug-likeness (QED) is 0.223. The number of carbonyl (C=O) groups is 2. The van der Waals surface area contributed by atoms with Gasteiger partial charge in [-0.1, -0.05) is 63.2 Å². The second kappa shape index (κ2) is 15.2. The lowest BCUT2D eigenvalue weighted by molar-refractivity contribution is -0.141. The zero-order valence-electron chi connectivity index (χ0n) is 22.1. The Kier molecular flexibility index (Phi) is 12.4. The zero-order valence-corrected chi connectivity index (χ0v) is 22.1. The minimum atomic E-state index is -0.236. The first-order valence-corrected chi connectivity index (χ1v) is 12.9. The number of aryl methyl sites for hydroxylation is 1. The number of benzene rings is 2. The Morgan fingerprint density at radius 2 is 1.49 bits per heavy atom. The molecule has 5 nitrogen and oxygen atoms in total. The molecule has 0 radical (unpaired) electrons. The third-order valence-corrected chi connectivity index (χ3v) is 5.89. The van der Waals surface area contributed by atoms with Gasteiger partial charge >= 0.3 is 5.97 Å². The molecule has 0 saturated carbocycles. The van der Waals surface area contributed by atoms with Gasteiger partial charge in [0.05, 0.1) is 13.7 Å². The molecule has 1 amide bonds. The van der Waals surface area contributed by atoms with E-state index in [1.807, 2.05) is 17.0 Å². The molecule has 0 fully saturated rings. The van der Waals surface area contributed by atoms with Crippen molar-refractivity contribution in [1.29, 1.82) is 0 Å². The van der Waals surface area contributed by atoms with E-state index in [0.717, 1.165) is 38.0 Å². The fourth-order valence-corrected chi connectivity index (χ4v) is 3.90. The van der Waals surface area contributed by atoms with Crippen LogP contribution in [-0.4, -0.2) is 43.6 Å². The van der Waals surface area contributed by atoms with Crippen LogP contribution < -0.4 is 4.74 Å². The number of ether oxygens (including phenoxy) is 2. The van der Waals surface area contributed by atoms with E-state index < -0.39 is 0 Å². The first-order chi connectivity index (χ1) is 16.8. The molecule has 2 rings (SSSR count). The van der Waals surface area contributed by atoms with Crippen molar-refractivity contribution in [2.75, 3.05) is 26.8 Å². The first kappa shape index (κ1) is 28.4. The molecular weight excluding hydrogens is 438 g/mol. The average molecular weight is 482 g/mol. The van der Waals surface area contributed by atoms with E-state index in [1.54, 1.807) is 0 Å². The highest BCUT2D eigenvalue weighted by molar-refractivity contribution is 5.77. The number of nitrogens with zero attached hydrogens (tertiary/aromatic N) is 1. The summed E-state index contributed by atoms with van der Waals surface area (Å²) in [4.78, 5) is 26.2. The smallest absolute Gasteiger partial charge is 0.305 e. The van der Waals surface area contributed by atoms with Crippen molar-refractivity contribution in [3.05, 3.63) is 65.7 Å². The molecule has 0 bridgehead atoms. The molecule has 192 valence electrons. The Bertz CT molecular complexity index is 871. The van der Waals surface area contributed by atoms with Crippen LogP contribution in [0.5, 0.6) is 5.75 Å². The summed E-state index contributed by atoms with van der Waals surface area (Å²) >= 11 is 0. The number of hydrogen-bond acceptors (Lipinski definition) is 4. The van der Waals surface area contributed by atoms with Gasteiger partial charge in [-0.05, 0) is 67.2 Å². The van der Waals surface area contributed by atoms with E-state index in [0.29, 0.717) is 32.4 Å². The van der Waals surface area contributed by atoms with Crippen LogP contribution in [0, 0.1) is 5.41 Å². The second-order valence-corrected chi connectivity index (χ2v) is 10.3. The van der Waals surface area contributed by atoms with Crippen molar-refractivity contribution in [1.82, 2.24) is 4.90 Å². The summed E-state index contributed by atoms with van der Waals surface area (Å²) in [5.41, 5.74) is 2.49. The summed E-state index contributed by atoms with van der Waals surface area (Å²) in [6.07, 6.45) is 6.70. The van der Waals surface area contributed by atoms with Crippen LogP contribution in [0.1, 0.15) is 70.4 Å². The third-order valence-electron chi connectivity index (χ3n) is 5.89. The SMILES string of the molecule is COC(=O)CCCN(CCc1ccc(OCCCCCc2ccccc2)cc1)C(=O)CC(C)(C)C. The maximum Gasteiger partial charge on any atom is 0.305 e. The number of carbonyl (C=O) groups excluding carboxylic acids is 2. The molecule has 0 heterocycles. The van der Waals surface area contributed by atoms with Crippen molar-refractivity contribution in [3.63, 3.8) is 0 Å². The highest BCUT2D eigenvalue weighted by atomic mass is 16.5. The van der Waals surface area contributed by atoms with Gasteiger partial charge in [-0.15, -0.1) is 0 Å². The maximum absolute atomic E-state index is 12.8. The molecule has 5 heteroatoms. The highest BCUT2D eigenvalue weighted by Gasteiger charge is 2.21. The normalized spacial score (nSPS) is 11.2. The van der Waals surface area contributed by atoms with E-state index in [9.17, 15) is 9.59 Å². The number of hydrogen-bond donors (Lipinski definition) is 0. The van der Waals surface area contributed by atoms with E-state index in [2.05, 4.69) is 63.2 Å². The zero-order chi connectivity index (χ0) is 25.5. The van der Waals surface area contributed by atoms with Crippen molar-refractivity contribution < 1.29 is 19.1 Å². The van der Waals surface area contributed by atoms with Crippen molar-refractivity contribution >= 4 is 11.9 Å². The highest BCUT2D eigenvalue weighted by Crippen LogP contribution is 2.21. The van der Waals surface area contributed by atoms with Gasteiger partial charge in [0, 0.05) is 25.9 Å². The van der Waals surface area contributed by atoms with Crippen LogP contribution in [0.2, 0.25) is 0 Å². The Hall–Kier alpha value is -2.82. The van der Waals surface area contributed by atoms with Gasteiger partial charge in [-0.3, -0.25) is 9.59 Å². The fraction of sp³-hybridized carbons (Fsp3) is 0.533. The molecule has 0 unspecified atom stereocenters. The summed E-state index contributed by atoms with van der Waals surface area (Å²) in [7, 11) is 1.39. The fourth-order valence-electron chi connectivity index (χ4n) is 3.90.